The highest BCUT2D eigenvalue weighted by molar-refractivity contribution is 5.87. The fourth-order valence-corrected chi connectivity index (χ4v) is 2.63. The van der Waals surface area contributed by atoms with Gasteiger partial charge in [-0.05, 0) is 11.6 Å². The van der Waals surface area contributed by atoms with Gasteiger partial charge in [-0.2, -0.15) is 0 Å². The monoisotopic (exact) mass is 306 g/mol. The lowest BCUT2D eigenvalue weighted by atomic mass is 10.2. The standard InChI is InChI=1S/C16H14N6O/c17-14-13-12(8-11(20-14)15-18-6-7-19-15)22(16(23)21-13)9-10-4-2-1-3-5-10/h1-8H,9H2,(H2,17,20)(H,18,19)(H,21,23). The number of rotatable bonds is 3. The van der Waals surface area contributed by atoms with Crippen molar-refractivity contribution in [3.63, 3.8) is 0 Å². The Hall–Kier alpha value is -3.35. The molecule has 1 aromatic carbocycles. The summed E-state index contributed by atoms with van der Waals surface area (Å²) in [5, 5.41) is 0. The van der Waals surface area contributed by atoms with Crippen molar-refractivity contribution in [1.29, 1.82) is 0 Å². The fraction of sp³-hybridized carbons (Fsp3) is 0.0625. The molecule has 0 saturated heterocycles. The van der Waals surface area contributed by atoms with Crippen LogP contribution in [-0.2, 0) is 6.54 Å². The van der Waals surface area contributed by atoms with Crippen LogP contribution in [0, 0.1) is 0 Å². The molecule has 4 aromatic rings. The molecule has 7 nitrogen and oxygen atoms in total. The molecule has 4 N–H and O–H groups in total. The van der Waals surface area contributed by atoms with Crippen LogP contribution in [0.2, 0.25) is 0 Å². The number of nitrogens with zero attached hydrogens (tertiary/aromatic N) is 3. The van der Waals surface area contributed by atoms with Crippen LogP contribution in [0.3, 0.4) is 0 Å². The van der Waals surface area contributed by atoms with Crippen molar-refractivity contribution in [1.82, 2.24) is 24.5 Å². The Kier molecular flexibility index (Phi) is 2.97. The van der Waals surface area contributed by atoms with Crippen molar-refractivity contribution in [3.8, 4) is 11.5 Å². The first-order valence-corrected chi connectivity index (χ1v) is 7.15. The minimum Gasteiger partial charge on any atom is -0.382 e. The Morgan fingerprint density at radius 2 is 2.04 bits per heavy atom. The van der Waals surface area contributed by atoms with Crippen molar-refractivity contribution < 1.29 is 0 Å². The van der Waals surface area contributed by atoms with Crippen molar-refractivity contribution in [2.75, 3.05) is 5.73 Å². The first-order valence-electron chi connectivity index (χ1n) is 7.15. The third-order valence-electron chi connectivity index (χ3n) is 3.72. The van der Waals surface area contributed by atoms with E-state index in [1.54, 1.807) is 17.0 Å². The van der Waals surface area contributed by atoms with Crippen LogP contribution in [0.5, 0.6) is 0 Å². The van der Waals surface area contributed by atoms with E-state index in [1.165, 1.54) is 0 Å². The molecule has 0 saturated carbocycles. The molecule has 7 heteroatoms. The zero-order valence-electron chi connectivity index (χ0n) is 12.2. The van der Waals surface area contributed by atoms with Crippen molar-refractivity contribution >= 4 is 16.9 Å². The van der Waals surface area contributed by atoms with Crippen LogP contribution in [-0.4, -0.2) is 24.5 Å². The van der Waals surface area contributed by atoms with Crippen LogP contribution >= 0.6 is 0 Å². The average molecular weight is 306 g/mol. The second kappa shape index (κ2) is 5.13. The molecule has 0 fully saturated rings. The zero-order valence-corrected chi connectivity index (χ0v) is 12.2. The molecule has 0 aliphatic carbocycles. The van der Waals surface area contributed by atoms with E-state index in [0.717, 1.165) is 5.56 Å². The highest BCUT2D eigenvalue weighted by Gasteiger charge is 2.14. The first kappa shape index (κ1) is 13.3. The molecular weight excluding hydrogens is 292 g/mol. The second-order valence-corrected chi connectivity index (χ2v) is 5.23. The van der Waals surface area contributed by atoms with Gasteiger partial charge in [-0.15, -0.1) is 0 Å². The molecule has 0 spiro atoms. The van der Waals surface area contributed by atoms with Gasteiger partial charge in [0.25, 0.3) is 0 Å². The fourth-order valence-electron chi connectivity index (χ4n) is 2.63. The highest BCUT2D eigenvalue weighted by atomic mass is 16.1. The molecule has 23 heavy (non-hydrogen) atoms. The summed E-state index contributed by atoms with van der Waals surface area (Å²) in [6, 6.07) is 11.6. The molecule has 3 heterocycles. The number of hydrogen-bond donors (Lipinski definition) is 3. The Balaban J connectivity index is 1.90. The lowest BCUT2D eigenvalue weighted by Crippen LogP contribution is -2.17. The number of hydrogen-bond acceptors (Lipinski definition) is 4. The number of nitrogens with two attached hydrogens (primary N) is 1. The maximum Gasteiger partial charge on any atom is 0.326 e. The molecule has 0 aliphatic rings. The van der Waals surface area contributed by atoms with Gasteiger partial charge in [0.2, 0.25) is 0 Å². The van der Waals surface area contributed by atoms with E-state index in [9.17, 15) is 4.79 Å². The van der Waals surface area contributed by atoms with E-state index in [4.69, 9.17) is 5.73 Å². The van der Waals surface area contributed by atoms with Crippen molar-refractivity contribution in [2.45, 2.75) is 6.54 Å². The van der Waals surface area contributed by atoms with Gasteiger partial charge in [0.15, 0.2) is 5.82 Å². The smallest absolute Gasteiger partial charge is 0.326 e. The lowest BCUT2D eigenvalue weighted by Gasteiger charge is -2.05. The van der Waals surface area contributed by atoms with Gasteiger partial charge in [-0.1, -0.05) is 30.3 Å². The number of nitrogens with one attached hydrogen (secondary N) is 2. The Morgan fingerprint density at radius 3 is 2.78 bits per heavy atom. The maximum absolute atomic E-state index is 12.3. The zero-order chi connectivity index (χ0) is 15.8. The predicted octanol–water partition coefficient (Wildman–Crippen LogP) is 1.75. The molecule has 0 amide bonds. The quantitative estimate of drug-likeness (QED) is 0.536. The minimum atomic E-state index is -0.214. The maximum atomic E-state index is 12.3. The van der Waals surface area contributed by atoms with Gasteiger partial charge in [0.05, 0.1) is 12.1 Å². The van der Waals surface area contributed by atoms with Crippen LogP contribution in [0.4, 0.5) is 5.82 Å². The first-order chi connectivity index (χ1) is 11.2. The number of fused-ring (bicyclic) bond motifs is 1. The van der Waals surface area contributed by atoms with E-state index < -0.39 is 0 Å². The summed E-state index contributed by atoms with van der Waals surface area (Å²) in [5.41, 5.74) is 8.67. The van der Waals surface area contributed by atoms with Gasteiger partial charge in [-0.25, -0.2) is 14.8 Å². The van der Waals surface area contributed by atoms with Gasteiger partial charge >= 0.3 is 5.69 Å². The Bertz CT molecular complexity index is 1010. The van der Waals surface area contributed by atoms with Crippen molar-refractivity contribution in [2.24, 2.45) is 0 Å². The molecule has 0 bridgehead atoms. The molecule has 0 unspecified atom stereocenters. The minimum absolute atomic E-state index is 0.214. The molecular formula is C16H14N6O. The molecule has 0 radical (unpaired) electrons. The highest BCUT2D eigenvalue weighted by Crippen LogP contribution is 2.22. The number of anilines is 1. The van der Waals surface area contributed by atoms with Gasteiger partial charge in [0, 0.05) is 12.4 Å². The third kappa shape index (κ3) is 2.28. The van der Waals surface area contributed by atoms with E-state index in [-0.39, 0.29) is 11.5 Å². The van der Waals surface area contributed by atoms with Gasteiger partial charge < -0.3 is 15.7 Å². The molecule has 114 valence electrons. The van der Waals surface area contributed by atoms with Gasteiger partial charge in [-0.3, -0.25) is 4.57 Å². The van der Waals surface area contributed by atoms with Gasteiger partial charge in [0.1, 0.15) is 17.0 Å². The normalized spacial score (nSPS) is 11.1. The van der Waals surface area contributed by atoms with Crippen molar-refractivity contribution in [3.05, 3.63) is 64.8 Å². The number of pyridine rings is 1. The summed E-state index contributed by atoms with van der Waals surface area (Å²) in [7, 11) is 0. The summed E-state index contributed by atoms with van der Waals surface area (Å²) in [6.45, 7) is 0.459. The number of H-pyrrole nitrogens is 2. The number of aromatic amines is 2. The van der Waals surface area contributed by atoms with E-state index >= 15 is 0 Å². The summed E-state index contributed by atoms with van der Waals surface area (Å²) < 4.78 is 1.65. The topological polar surface area (TPSA) is 105 Å². The third-order valence-corrected chi connectivity index (χ3v) is 3.72. The van der Waals surface area contributed by atoms with E-state index in [0.29, 0.717) is 29.1 Å². The number of aromatic nitrogens is 5. The van der Waals surface area contributed by atoms with E-state index in [2.05, 4.69) is 19.9 Å². The van der Waals surface area contributed by atoms with E-state index in [1.807, 2.05) is 36.4 Å². The summed E-state index contributed by atoms with van der Waals surface area (Å²) >= 11 is 0. The molecule has 3 aromatic heterocycles. The SMILES string of the molecule is Nc1nc(-c2ncc[nH]2)cc2c1[nH]c(=O)n2Cc1ccccc1. The number of benzene rings is 1. The largest absolute Gasteiger partial charge is 0.382 e. The summed E-state index contributed by atoms with van der Waals surface area (Å²) in [6.07, 6.45) is 3.36. The second-order valence-electron chi connectivity index (χ2n) is 5.23. The molecule has 0 atom stereocenters. The number of nitrogen functional groups attached to an aromatic ring is 1. The summed E-state index contributed by atoms with van der Waals surface area (Å²) in [4.78, 5) is 26.6. The van der Waals surface area contributed by atoms with Crippen LogP contribution in [0.25, 0.3) is 22.6 Å². The average Bonchev–Trinajstić information content (AvgIpc) is 3.19. The molecule has 4 rings (SSSR count). The lowest BCUT2D eigenvalue weighted by molar-refractivity contribution is 0.787. The van der Waals surface area contributed by atoms with Crippen LogP contribution in [0.15, 0.2) is 53.6 Å². The predicted molar refractivity (Wildman–Crippen MR) is 87.9 cm³/mol. The van der Waals surface area contributed by atoms with Crippen LogP contribution < -0.4 is 11.4 Å². The summed E-state index contributed by atoms with van der Waals surface area (Å²) in [5.74, 6) is 0.885. The number of imidazole rings is 2. The molecule has 0 aliphatic heterocycles. The Morgan fingerprint density at radius 1 is 1.22 bits per heavy atom. The Labute approximate surface area is 130 Å². The van der Waals surface area contributed by atoms with Crippen LogP contribution in [0.1, 0.15) is 5.56 Å².